The highest BCUT2D eigenvalue weighted by Gasteiger charge is 2.23. The number of benzene rings is 2. The second-order valence-corrected chi connectivity index (χ2v) is 7.40. The number of nitrogens with one attached hydrogen (secondary N) is 2. The van der Waals surface area contributed by atoms with Crippen molar-refractivity contribution in [3.05, 3.63) is 59.7 Å². The summed E-state index contributed by atoms with van der Waals surface area (Å²) < 4.78 is 30.3. The zero-order valence-corrected chi connectivity index (χ0v) is 14.0. The second kappa shape index (κ2) is 6.52. The van der Waals surface area contributed by atoms with Gasteiger partial charge in [-0.3, -0.25) is 9.52 Å². The van der Waals surface area contributed by atoms with E-state index < -0.39 is 10.0 Å². The molecule has 0 aliphatic carbocycles. The van der Waals surface area contributed by atoms with Gasteiger partial charge in [-0.1, -0.05) is 18.2 Å². The van der Waals surface area contributed by atoms with Crippen LogP contribution < -0.4 is 14.8 Å². The van der Waals surface area contributed by atoms with Crippen LogP contribution in [0, 0.1) is 0 Å². The van der Waals surface area contributed by atoms with Gasteiger partial charge in [0.15, 0.2) is 0 Å². The molecular formula is C17H18N2O4S. The molecule has 3 rings (SSSR count). The molecule has 1 aliphatic rings. The van der Waals surface area contributed by atoms with Crippen molar-refractivity contribution in [1.29, 1.82) is 0 Å². The fraction of sp³-hybridized carbons (Fsp3) is 0.235. The fourth-order valence-corrected chi connectivity index (χ4v) is 3.20. The Morgan fingerprint density at radius 2 is 1.83 bits per heavy atom. The predicted octanol–water partition coefficient (Wildman–Crippen LogP) is 2.31. The summed E-state index contributed by atoms with van der Waals surface area (Å²) in [5, 5.41) is 3.00. The number of fused-ring (bicyclic) bond motifs is 1. The van der Waals surface area contributed by atoms with Crippen LogP contribution in [0.15, 0.2) is 48.5 Å². The molecule has 2 aromatic rings. The number of hydrogen-bond donors (Lipinski definition) is 2. The number of anilines is 1. The number of amides is 1. The van der Waals surface area contributed by atoms with Crippen molar-refractivity contribution in [2.75, 3.05) is 17.6 Å². The van der Waals surface area contributed by atoms with Crippen LogP contribution in [0.4, 0.5) is 5.69 Å². The molecule has 126 valence electrons. The zero-order valence-electron chi connectivity index (χ0n) is 13.2. The van der Waals surface area contributed by atoms with Gasteiger partial charge in [-0.15, -0.1) is 0 Å². The molecule has 1 heterocycles. The molecule has 0 spiro atoms. The monoisotopic (exact) mass is 346 g/mol. The number of sulfonamides is 1. The second-order valence-electron chi connectivity index (χ2n) is 5.65. The molecule has 0 saturated carbocycles. The topological polar surface area (TPSA) is 84.5 Å². The van der Waals surface area contributed by atoms with E-state index in [2.05, 4.69) is 10.0 Å². The molecule has 0 bridgehead atoms. The van der Waals surface area contributed by atoms with Crippen LogP contribution in [0.5, 0.6) is 5.75 Å². The highest BCUT2D eigenvalue weighted by molar-refractivity contribution is 7.92. The lowest BCUT2D eigenvalue weighted by atomic mass is 10.00. The van der Waals surface area contributed by atoms with Crippen LogP contribution >= 0.6 is 0 Å². The minimum absolute atomic E-state index is 0.101. The van der Waals surface area contributed by atoms with E-state index in [1.807, 2.05) is 24.3 Å². The van der Waals surface area contributed by atoms with Gasteiger partial charge in [0.05, 0.1) is 18.9 Å². The number of para-hydroxylation sites is 1. The first-order chi connectivity index (χ1) is 11.4. The van der Waals surface area contributed by atoms with Crippen LogP contribution in [-0.2, 0) is 10.0 Å². The molecule has 0 saturated heterocycles. The molecule has 0 fully saturated rings. The van der Waals surface area contributed by atoms with Gasteiger partial charge in [0.2, 0.25) is 10.0 Å². The Hall–Kier alpha value is -2.54. The summed E-state index contributed by atoms with van der Waals surface area (Å²) in [4.78, 5) is 12.4. The maximum atomic E-state index is 12.4. The van der Waals surface area contributed by atoms with E-state index in [4.69, 9.17) is 4.74 Å². The summed E-state index contributed by atoms with van der Waals surface area (Å²) in [6.45, 7) is 0.555. The molecule has 1 aliphatic heterocycles. The molecule has 1 unspecified atom stereocenters. The Kier molecular flexibility index (Phi) is 4.44. The normalized spacial score (nSPS) is 16.6. The Morgan fingerprint density at radius 3 is 2.54 bits per heavy atom. The van der Waals surface area contributed by atoms with Crippen molar-refractivity contribution < 1.29 is 17.9 Å². The van der Waals surface area contributed by atoms with Crippen LogP contribution in [-0.4, -0.2) is 27.2 Å². The summed E-state index contributed by atoms with van der Waals surface area (Å²) in [5.74, 6) is 0.587. The first-order valence-electron chi connectivity index (χ1n) is 7.53. The fourth-order valence-electron chi connectivity index (χ4n) is 2.64. The first kappa shape index (κ1) is 16.3. The number of ether oxygens (including phenoxy) is 1. The lowest BCUT2D eigenvalue weighted by Crippen LogP contribution is -2.32. The average Bonchev–Trinajstić information content (AvgIpc) is 2.54. The highest BCUT2D eigenvalue weighted by Crippen LogP contribution is 2.31. The molecule has 7 heteroatoms. The number of hydrogen-bond acceptors (Lipinski definition) is 4. The van der Waals surface area contributed by atoms with E-state index in [0.29, 0.717) is 24.3 Å². The maximum absolute atomic E-state index is 12.4. The first-order valence-corrected chi connectivity index (χ1v) is 9.42. The van der Waals surface area contributed by atoms with Crippen LogP contribution in [0.3, 0.4) is 0 Å². The zero-order chi connectivity index (χ0) is 17.2. The Bertz CT molecular complexity index is 847. The molecule has 1 atom stereocenters. The smallest absolute Gasteiger partial charge is 0.251 e. The molecule has 1 amide bonds. The Morgan fingerprint density at radius 1 is 1.12 bits per heavy atom. The summed E-state index contributed by atoms with van der Waals surface area (Å²) in [7, 11) is -3.33. The number of rotatable bonds is 4. The van der Waals surface area contributed by atoms with Crippen LogP contribution in [0.2, 0.25) is 0 Å². The maximum Gasteiger partial charge on any atom is 0.251 e. The summed E-state index contributed by atoms with van der Waals surface area (Å²) >= 11 is 0. The van der Waals surface area contributed by atoms with E-state index in [1.54, 1.807) is 24.3 Å². The molecule has 6 nitrogen and oxygen atoms in total. The number of carbonyl (C=O) groups excluding carboxylic acids is 1. The van der Waals surface area contributed by atoms with Gasteiger partial charge in [0.1, 0.15) is 5.75 Å². The molecule has 24 heavy (non-hydrogen) atoms. The van der Waals surface area contributed by atoms with E-state index in [-0.39, 0.29) is 11.9 Å². The van der Waals surface area contributed by atoms with Crippen molar-refractivity contribution in [2.45, 2.75) is 12.5 Å². The summed E-state index contributed by atoms with van der Waals surface area (Å²) in [5.41, 5.74) is 1.86. The van der Waals surface area contributed by atoms with Crippen molar-refractivity contribution in [2.24, 2.45) is 0 Å². The lowest BCUT2D eigenvalue weighted by Gasteiger charge is -2.26. The third-order valence-corrected chi connectivity index (χ3v) is 4.32. The third-order valence-electron chi connectivity index (χ3n) is 3.71. The van der Waals surface area contributed by atoms with Crippen molar-refractivity contribution in [3.8, 4) is 5.75 Å². The largest absolute Gasteiger partial charge is 0.493 e. The van der Waals surface area contributed by atoms with Gasteiger partial charge in [-0.05, 0) is 30.3 Å². The van der Waals surface area contributed by atoms with Gasteiger partial charge in [-0.25, -0.2) is 8.42 Å². The van der Waals surface area contributed by atoms with Gasteiger partial charge in [0, 0.05) is 23.2 Å². The molecular weight excluding hydrogens is 328 g/mol. The summed E-state index contributed by atoms with van der Waals surface area (Å²) in [6.07, 6.45) is 1.78. The lowest BCUT2D eigenvalue weighted by molar-refractivity contribution is 0.0925. The third kappa shape index (κ3) is 3.86. The van der Waals surface area contributed by atoms with Crippen molar-refractivity contribution >= 4 is 21.6 Å². The van der Waals surface area contributed by atoms with E-state index in [0.717, 1.165) is 17.6 Å². The minimum atomic E-state index is -3.33. The quantitative estimate of drug-likeness (QED) is 0.890. The SMILES string of the molecule is CS(=O)(=O)Nc1ccc(C(=O)NC2CCOc3ccccc32)cc1. The minimum Gasteiger partial charge on any atom is -0.493 e. The van der Waals surface area contributed by atoms with Crippen molar-refractivity contribution in [1.82, 2.24) is 5.32 Å². The van der Waals surface area contributed by atoms with E-state index >= 15 is 0 Å². The molecule has 2 aromatic carbocycles. The number of carbonyl (C=O) groups is 1. The van der Waals surface area contributed by atoms with E-state index in [9.17, 15) is 13.2 Å². The Labute approximate surface area is 140 Å². The van der Waals surface area contributed by atoms with Crippen molar-refractivity contribution in [3.63, 3.8) is 0 Å². The molecule has 2 N–H and O–H groups in total. The van der Waals surface area contributed by atoms with E-state index in [1.165, 1.54) is 0 Å². The van der Waals surface area contributed by atoms with Crippen LogP contribution in [0.1, 0.15) is 28.4 Å². The average molecular weight is 346 g/mol. The Balaban J connectivity index is 1.72. The standard InChI is InChI=1S/C17H18N2O4S/c1-24(21,22)19-13-8-6-12(7-9-13)17(20)18-15-10-11-23-16-5-3-2-4-14(15)16/h2-9,15,19H,10-11H2,1H3,(H,18,20). The molecule has 0 aromatic heterocycles. The predicted molar refractivity (Wildman–Crippen MR) is 91.7 cm³/mol. The van der Waals surface area contributed by atoms with Gasteiger partial charge >= 0.3 is 0 Å². The van der Waals surface area contributed by atoms with Gasteiger partial charge < -0.3 is 10.1 Å². The summed E-state index contributed by atoms with van der Waals surface area (Å²) in [6, 6.07) is 13.9. The van der Waals surface area contributed by atoms with Gasteiger partial charge in [-0.2, -0.15) is 0 Å². The van der Waals surface area contributed by atoms with Gasteiger partial charge in [0.25, 0.3) is 5.91 Å². The highest BCUT2D eigenvalue weighted by atomic mass is 32.2. The molecule has 0 radical (unpaired) electrons. The van der Waals surface area contributed by atoms with Crippen LogP contribution in [0.25, 0.3) is 0 Å².